The molecule has 0 radical (unpaired) electrons. The largest absolute Gasteiger partial charge is 0.298 e. The van der Waals surface area contributed by atoms with Crippen LogP contribution < -0.4 is 0 Å². The van der Waals surface area contributed by atoms with Gasteiger partial charge >= 0.3 is 0 Å². The Bertz CT molecular complexity index is 277. The molecule has 0 atom stereocenters. The molecule has 0 aliphatic heterocycles. The normalized spacial score (nSPS) is 11.7. The van der Waals surface area contributed by atoms with E-state index in [0.29, 0.717) is 12.1 Å². The zero-order chi connectivity index (χ0) is 12.0. The summed E-state index contributed by atoms with van der Waals surface area (Å²) in [7, 11) is 0. The van der Waals surface area contributed by atoms with Crippen molar-refractivity contribution in [1.29, 1.82) is 0 Å². The third kappa shape index (κ3) is 4.54. The second kappa shape index (κ2) is 6.92. The zero-order valence-corrected chi connectivity index (χ0v) is 11.5. The topological polar surface area (TPSA) is 16.1 Å². The van der Waals surface area contributed by atoms with Gasteiger partial charge in [-0.2, -0.15) is 0 Å². The van der Waals surface area contributed by atoms with Gasteiger partial charge in [0.25, 0.3) is 0 Å². The molecular weight excluding hydrogens is 216 g/mol. The van der Waals surface area contributed by atoms with Crippen LogP contribution in [0.2, 0.25) is 0 Å². The summed E-state index contributed by atoms with van der Waals surface area (Å²) in [5.74, 6) is 1.14. The van der Waals surface area contributed by atoms with Crippen LogP contribution >= 0.6 is 11.8 Å². The summed E-state index contributed by atoms with van der Waals surface area (Å²) in [6.45, 7) is 10.2. The Morgan fingerprint density at radius 2 is 1.69 bits per heavy atom. The number of hydrogen-bond acceptors (Lipinski definition) is 3. The molecule has 0 spiro atoms. The minimum absolute atomic E-state index is 0.623. The number of nitrogens with zero attached hydrogens (tertiary/aromatic N) is 2. The van der Waals surface area contributed by atoms with E-state index in [-0.39, 0.29) is 0 Å². The van der Waals surface area contributed by atoms with Gasteiger partial charge in [-0.25, -0.2) is 0 Å². The van der Waals surface area contributed by atoms with Gasteiger partial charge in [0.2, 0.25) is 0 Å². The fraction of sp³-hybridized carbons (Fsp3) is 0.615. The van der Waals surface area contributed by atoms with Crippen molar-refractivity contribution in [3.63, 3.8) is 0 Å². The van der Waals surface area contributed by atoms with E-state index in [1.54, 1.807) is 0 Å². The van der Waals surface area contributed by atoms with Crippen LogP contribution in [-0.2, 0) is 0 Å². The predicted molar refractivity (Wildman–Crippen MR) is 71.9 cm³/mol. The van der Waals surface area contributed by atoms with E-state index in [1.807, 2.05) is 24.2 Å². The van der Waals surface area contributed by atoms with Crippen molar-refractivity contribution in [3.05, 3.63) is 24.5 Å². The SMILES string of the molecule is CC(C)N(CCSc1ccncc1)C(C)C. The van der Waals surface area contributed by atoms with Gasteiger partial charge in [-0.1, -0.05) is 0 Å². The van der Waals surface area contributed by atoms with E-state index < -0.39 is 0 Å². The Labute approximate surface area is 103 Å². The fourth-order valence-electron chi connectivity index (χ4n) is 1.82. The highest BCUT2D eigenvalue weighted by molar-refractivity contribution is 7.99. The van der Waals surface area contributed by atoms with Crippen LogP contribution in [0.4, 0.5) is 0 Å². The first-order valence-electron chi connectivity index (χ1n) is 5.90. The summed E-state index contributed by atoms with van der Waals surface area (Å²) in [4.78, 5) is 7.85. The van der Waals surface area contributed by atoms with Crippen molar-refractivity contribution < 1.29 is 0 Å². The summed E-state index contributed by atoms with van der Waals surface area (Å²) in [6, 6.07) is 5.38. The van der Waals surface area contributed by atoms with Gasteiger partial charge in [-0.05, 0) is 39.8 Å². The Morgan fingerprint density at radius 1 is 1.12 bits per heavy atom. The molecule has 16 heavy (non-hydrogen) atoms. The molecule has 0 bridgehead atoms. The predicted octanol–water partition coefficient (Wildman–Crippen LogP) is 3.29. The summed E-state index contributed by atoms with van der Waals surface area (Å²) >= 11 is 1.90. The maximum Gasteiger partial charge on any atom is 0.0278 e. The second-order valence-electron chi connectivity index (χ2n) is 4.46. The summed E-state index contributed by atoms with van der Waals surface area (Å²) < 4.78 is 0. The number of thioether (sulfide) groups is 1. The molecule has 1 aromatic heterocycles. The van der Waals surface area contributed by atoms with Gasteiger partial charge in [0, 0.05) is 41.7 Å². The lowest BCUT2D eigenvalue weighted by molar-refractivity contribution is 0.187. The number of rotatable bonds is 6. The van der Waals surface area contributed by atoms with Crippen LogP contribution in [0, 0.1) is 0 Å². The molecule has 1 rings (SSSR count). The van der Waals surface area contributed by atoms with Crippen LogP contribution in [0.15, 0.2) is 29.4 Å². The van der Waals surface area contributed by atoms with Gasteiger partial charge in [0.1, 0.15) is 0 Å². The zero-order valence-electron chi connectivity index (χ0n) is 10.7. The minimum atomic E-state index is 0.623. The van der Waals surface area contributed by atoms with Gasteiger partial charge in [-0.3, -0.25) is 9.88 Å². The van der Waals surface area contributed by atoms with Crippen molar-refractivity contribution in [2.45, 2.75) is 44.7 Å². The molecule has 0 fully saturated rings. The first-order chi connectivity index (χ1) is 7.61. The van der Waals surface area contributed by atoms with E-state index in [9.17, 15) is 0 Å². The van der Waals surface area contributed by atoms with Crippen LogP contribution in [0.1, 0.15) is 27.7 Å². The Kier molecular flexibility index (Phi) is 5.85. The Hall–Kier alpha value is -0.540. The Morgan fingerprint density at radius 3 is 2.19 bits per heavy atom. The first-order valence-corrected chi connectivity index (χ1v) is 6.88. The molecule has 0 aliphatic carbocycles. The molecule has 0 saturated carbocycles. The number of pyridine rings is 1. The lowest BCUT2D eigenvalue weighted by Gasteiger charge is -2.30. The summed E-state index contributed by atoms with van der Waals surface area (Å²) in [6.07, 6.45) is 3.70. The maximum absolute atomic E-state index is 4.02. The highest BCUT2D eigenvalue weighted by atomic mass is 32.2. The molecular formula is C13H22N2S. The fourth-order valence-corrected chi connectivity index (χ4v) is 2.67. The van der Waals surface area contributed by atoms with Gasteiger partial charge in [-0.15, -0.1) is 11.8 Å². The average Bonchev–Trinajstić information content (AvgIpc) is 2.24. The third-order valence-corrected chi connectivity index (χ3v) is 3.59. The van der Waals surface area contributed by atoms with Crippen molar-refractivity contribution in [1.82, 2.24) is 9.88 Å². The van der Waals surface area contributed by atoms with Crippen LogP contribution in [-0.4, -0.2) is 34.3 Å². The van der Waals surface area contributed by atoms with Gasteiger partial charge < -0.3 is 0 Å². The summed E-state index contributed by atoms with van der Waals surface area (Å²) in [5.41, 5.74) is 0. The summed E-state index contributed by atoms with van der Waals surface area (Å²) in [5, 5.41) is 0. The smallest absolute Gasteiger partial charge is 0.0278 e. The monoisotopic (exact) mass is 238 g/mol. The molecule has 0 amide bonds. The lowest BCUT2D eigenvalue weighted by Crippen LogP contribution is -2.38. The average molecular weight is 238 g/mol. The molecule has 0 N–H and O–H groups in total. The molecule has 90 valence electrons. The van der Waals surface area contributed by atoms with Crippen molar-refractivity contribution >= 4 is 11.8 Å². The first kappa shape index (κ1) is 13.5. The lowest BCUT2D eigenvalue weighted by atomic mass is 10.2. The van der Waals surface area contributed by atoms with Gasteiger partial charge in [0.05, 0.1) is 0 Å². The van der Waals surface area contributed by atoms with E-state index in [4.69, 9.17) is 0 Å². The molecule has 0 saturated heterocycles. The molecule has 3 heteroatoms. The number of hydrogen-bond donors (Lipinski definition) is 0. The standard InChI is InChI=1S/C13H22N2S/c1-11(2)15(12(3)4)9-10-16-13-5-7-14-8-6-13/h5-8,11-12H,9-10H2,1-4H3. The number of aromatic nitrogens is 1. The Balaban J connectivity index is 2.34. The molecule has 2 nitrogen and oxygen atoms in total. The van der Waals surface area contributed by atoms with Gasteiger partial charge in [0.15, 0.2) is 0 Å². The minimum Gasteiger partial charge on any atom is -0.298 e. The molecule has 0 aromatic carbocycles. The molecule has 1 heterocycles. The molecule has 0 unspecified atom stereocenters. The van der Waals surface area contributed by atoms with Crippen molar-refractivity contribution in [2.24, 2.45) is 0 Å². The molecule has 1 aromatic rings. The highest BCUT2D eigenvalue weighted by Gasteiger charge is 2.12. The maximum atomic E-state index is 4.02. The van der Waals surface area contributed by atoms with E-state index >= 15 is 0 Å². The van der Waals surface area contributed by atoms with Crippen LogP contribution in [0.5, 0.6) is 0 Å². The third-order valence-electron chi connectivity index (χ3n) is 2.59. The second-order valence-corrected chi connectivity index (χ2v) is 5.63. The van der Waals surface area contributed by atoms with E-state index in [1.165, 1.54) is 4.90 Å². The van der Waals surface area contributed by atoms with Crippen LogP contribution in [0.25, 0.3) is 0 Å². The van der Waals surface area contributed by atoms with Crippen molar-refractivity contribution in [2.75, 3.05) is 12.3 Å². The van der Waals surface area contributed by atoms with E-state index in [0.717, 1.165) is 12.3 Å². The molecule has 0 aliphatic rings. The quantitative estimate of drug-likeness (QED) is 0.708. The van der Waals surface area contributed by atoms with Crippen LogP contribution in [0.3, 0.4) is 0 Å². The van der Waals surface area contributed by atoms with Crippen molar-refractivity contribution in [3.8, 4) is 0 Å². The highest BCUT2D eigenvalue weighted by Crippen LogP contribution is 2.17. The van der Waals surface area contributed by atoms with E-state index in [2.05, 4.69) is 49.7 Å².